The topological polar surface area (TPSA) is 61.0 Å². The van der Waals surface area contributed by atoms with Gasteiger partial charge in [0.15, 0.2) is 0 Å². The van der Waals surface area contributed by atoms with Gasteiger partial charge in [-0.15, -0.1) is 0 Å². The van der Waals surface area contributed by atoms with Crippen molar-refractivity contribution in [1.82, 2.24) is 6.15 Å². The summed E-state index contributed by atoms with van der Waals surface area (Å²) >= 11 is 0. The van der Waals surface area contributed by atoms with Gasteiger partial charge in [-0.25, -0.2) is 0 Å². The van der Waals surface area contributed by atoms with E-state index in [0.717, 1.165) is 6.54 Å². The molecule has 5 N–H and O–H groups in total. The Balaban J connectivity index is -0.0000000133. The van der Waals surface area contributed by atoms with Crippen LogP contribution in [0, 0.1) is 5.92 Å². The monoisotopic (exact) mass is 355 g/mol. The van der Waals surface area contributed by atoms with Crippen molar-refractivity contribution >= 4 is 0 Å². The zero-order chi connectivity index (χ0) is 4.28. The van der Waals surface area contributed by atoms with Crippen molar-refractivity contribution in [2.45, 2.75) is 13.8 Å². The summed E-state index contributed by atoms with van der Waals surface area (Å²) in [6.07, 6.45) is 0. The van der Waals surface area contributed by atoms with Crippen molar-refractivity contribution in [3.63, 3.8) is 0 Å². The molecular formula is C4H14Cl2N2Pt. The number of rotatable bonds is 1. The summed E-state index contributed by atoms with van der Waals surface area (Å²) < 4.78 is 0. The standard InChI is InChI=1S/C4H11N.2ClH.H3N.Pt/c1-4(2)3-5;;;;/h4H,3,5H2,1-2H3;2*1H;1H3;/q;;;;+2/p-2. The van der Waals surface area contributed by atoms with Gasteiger partial charge >= 0.3 is 21.1 Å². The molecule has 0 aromatic rings. The summed E-state index contributed by atoms with van der Waals surface area (Å²) in [6.45, 7) is 5.00. The molecule has 0 aromatic heterocycles. The van der Waals surface area contributed by atoms with Gasteiger partial charge in [-0.2, -0.15) is 0 Å². The van der Waals surface area contributed by atoms with Crippen molar-refractivity contribution in [1.29, 1.82) is 0 Å². The number of hydrogen-bond donors (Lipinski definition) is 2. The fraction of sp³-hybridized carbons (Fsp3) is 1.00. The largest absolute Gasteiger partial charge is 2.00 e. The van der Waals surface area contributed by atoms with Crippen LogP contribution in [0.1, 0.15) is 13.8 Å². The molecule has 0 spiro atoms. The number of nitrogens with two attached hydrogens (primary N) is 1. The van der Waals surface area contributed by atoms with Crippen molar-refractivity contribution < 1.29 is 45.9 Å². The zero-order valence-corrected chi connectivity index (χ0v) is 9.43. The van der Waals surface area contributed by atoms with Crippen LogP contribution in [0.15, 0.2) is 0 Å². The first-order valence-electron chi connectivity index (χ1n) is 1.97. The summed E-state index contributed by atoms with van der Waals surface area (Å²) in [6, 6.07) is 0. The number of halogens is 2. The Morgan fingerprint density at radius 3 is 1.33 bits per heavy atom. The molecule has 64 valence electrons. The van der Waals surface area contributed by atoms with E-state index in [1.54, 1.807) is 0 Å². The molecule has 0 fully saturated rings. The van der Waals surface area contributed by atoms with E-state index < -0.39 is 0 Å². The van der Waals surface area contributed by atoms with E-state index in [0.29, 0.717) is 5.92 Å². The van der Waals surface area contributed by atoms with Crippen LogP contribution in [-0.2, 0) is 21.1 Å². The minimum atomic E-state index is 0. The molecule has 0 aliphatic rings. The summed E-state index contributed by atoms with van der Waals surface area (Å²) in [5, 5.41) is 0. The van der Waals surface area contributed by atoms with Crippen molar-refractivity contribution in [2.75, 3.05) is 6.54 Å². The SMILES string of the molecule is CC(C)CN.N.[Cl-].[Cl-].[Pt+2]. The van der Waals surface area contributed by atoms with Crippen LogP contribution in [0.5, 0.6) is 0 Å². The van der Waals surface area contributed by atoms with Gasteiger partial charge in [-0.3, -0.25) is 0 Å². The maximum absolute atomic E-state index is 5.17. The minimum Gasteiger partial charge on any atom is -1.00 e. The van der Waals surface area contributed by atoms with E-state index in [-0.39, 0.29) is 52.0 Å². The predicted molar refractivity (Wildman–Crippen MR) is 28.9 cm³/mol. The fourth-order valence-electron chi connectivity index (χ4n) is 0. The molecule has 9 heavy (non-hydrogen) atoms. The van der Waals surface area contributed by atoms with E-state index >= 15 is 0 Å². The molecule has 0 saturated heterocycles. The van der Waals surface area contributed by atoms with Crippen LogP contribution in [0.3, 0.4) is 0 Å². The number of hydrogen-bond acceptors (Lipinski definition) is 2. The van der Waals surface area contributed by atoms with E-state index in [1.165, 1.54) is 0 Å². The van der Waals surface area contributed by atoms with E-state index in [1.807, 2.05) is 0 Å². The van der Waals surface area contributed by atoms with Crippen LogP contribution < -0.4 is 36.7 Å². The quantitative estimate of drug-likeness (QED) is 0.494. The van der Waals surface area contributed by atoms with Gasteiger partial charge in [0.05, 0.1) is 0 Å². The van der Waals surface area contributed by atoms with Gasteiger partial charge in [-0.1, -0.05) is 13.8 Å². The molecule has 0 amide bonds. The Morgan fingerprint density at radius 1 is 1.22 bits per heavy atom. The van der Waals surface area contributed by atoms with Crippen LogP contribution in [0.4, 0.5) is 0 Å². The summed E-state index contributed by atoms with van der Waals surface area (Å²) in [7, 11) is 0. The van der Waals surface area contributed by atoms with Crippen molar-refractivity contribution in [3.8, 4) is 0 Å². The molecule has 0 bridgehead atoms. The summed E-state index contributed by atoms with van der Waals surface area (Å²) in [4.78, 5) is 0. The molecule has 0 unspecified atom stereocenters. The van der Waals surface area contributed by atoms with Gasteiger partial charge in [0, 0.05) is 0 Å². The third kappa shape index (κ3) is 46.7. The molecule has 0 atom stereocenters. The molecule has 0 rings (SSSR count). The summed E-state index contributed by atoms with van der Waals surface area (Å²) in [5.41, 5.74) is 5.17. The third-order valence-corrected chi connectivity index (χ3v) is 0.471. The van der Waals surface area contributed by atoms with E-state index in [2.05, 4.69) is 13.8 Å². The van der Waals surface area contributed by atoms with E-state index in [4.69, 9.17) is 5.73 Å². The smallest absolute Gasteiger partial charge is 1.00 e. The fourth-order valence-corrected chi connectivity index (χ4v) is 0. The van der Waals surface area contributed by atoms with Gasteiger partial charge in [0.2, 0.25) is 0 Å². The Morgan fingerprint density at radius 2 is 1.33 bits per heavy atom. The second-order valence-electron chi connectivity index (χ2n) is 1.63. The third-order valence-electron chi connectivity index (χ3n) is 0.471. The molecule has 0 saturated carbocycles. The average Bonchev–Trinajstić information content (AvgIpc) is 1.38. The second kappa shape index (κ2) is 22.9. The first kappa shape index (κ1) is 32.0. The van der Waals surface area contributed by atoms with Crippen molar-refractivity contribution in [2.24, 2.45) is 11.7 Å². The molecule has 0 aromatic carbocycles. The van der Waals surface area contributed by atoms with Gasteiger partial charge < -0.3 is 36.7 Å². The Bertz CT molecular complexity index is 30.5. The van der Waals surface area contributed by atoms with Crippen molar-refractivity contribution in [3.05, 3.63) is 0 Å². The predicted octanol–water partition coefficient (Wildman–Crippen LogP) is -5.23. The van der Waals surface area contributed by atoms with Crippen LogP contribution >= 0.6 is 0 Å². The van der Waals surface area contributed by atoms with Gasteiger partial charge in [0.25, 0.3) is 0 Å². The zero-order valence-electron chi connectivity index (χ0n) is 5.64. The molecule has 0 radical (unpaired) electrons. The minimum absolute atomic E-state index is 0. The molecular weight excluding hydrogens is 342 g/mol. The molecule has 2 nitrogen and oxygen atoms in total. The maximum atomic E-state index is 5.17. The van der Waals surface area contributed by atoms with Gasteiger partial charge in [0.1, 0.15) is 0 Å². The Kier molecular flexibility index (Phi) is 81.3. The van der Waals surface area contributed by atoms with Gasteiger partial charge in [-0.05, 0) is 12.5 Å². The van der Waals surface area contributed by atoms with Crippen LogP contribution in [0.2, 0.25) is 0 Å². The van der Waals surface area contributed by atoms with Crippen LogP contribution in [-0.4, -0.2) is 6.54 Å². The summed E-state index contributed by atoms with van der Waals surface area (Å²) in [5.74, 6) is 0.662. The van der Waals surface area contributed by atoms with E-state index in [9.17, 15) is 0 Å². The Hall–Kier alpha value is 1.19. The molecule has 0 aliphatic heterocycles. The first-order valence-corrected chi connectivity index (χ1v) is 1.97. The normalized spacial score (nSPS) is 5.33. The maximum Gasteiger partial charge on any atom is 2.00 e. The molecule has 0 heterocycles. The Labute approximate surface area is 84.0 Å². The average molecular weight is 356 g/mol. The molecule has 0 aliphatic carbocycles. The second-order valence-corrected chi connectivity index (χ2v) is 1.63. The molecule has 5 heteroatoms. The van der Waals surface area contributed by atoms with Crippen LogP contribution in [0.25, 0.3) is 0 Å². The first-order chi connectivity index (χ1) is 2.27.